The highest BCUT2D eigenvalue weighted by molar-refractivity contribution is 6.38. The van der Waals surface area contributed by atoms with Crippen molar-refractivity contribution < 1.29 is 14.4 Å². The Balaban J connectivity index is 1.84. The molecule has 1 atom stereocenters. The highest BCUT2D eigenvalue weighted by atomic mass is 16.2. The zero-order valence-electron chi connectivity index (χ0n) is 14.1. The summed E-state index contributed by atoms with van der Waals surface area (Å²) in [7, 11) is 0. The van der Waals surface area contributed by atoms with E-state index in [1.165, 1.54) is 0 Å². The quantitative estimate of drug-likeness (QED) is 0.513. The van der Waals surface area contributed by atoms with Gasteiger partial charge in [-0.3, -0.25) is 24.5 Å². The molecule has 0 spiro atoms. The van der Waals surface area contributed by atoms with Crippen LogP contribution in [-0.4, -0.2) is 44.0 Å². The van der Waals surface area contributed by atoms with Crippen molar-refractivity contribution in [2.24, 2.45) is 5.73 Å². The van der Waals surface area contributed by atoms with Gasteiger partial charge in [-0.15, -0.1) is 5.10 Å². The molecule has 1 unspecified atom stereocenters. The van der Waals surface area contributed by atoms with Gasteiger partial charge in [0.15, 0.2) is 5.69 Å². The summed E-state index contributed by atoms with van der Waals surface area (Å²) in [6.45, 7) is 0. The predicted octanol–water partition coefficient (Wildman–Crippen LogP) is 0.262. The molecule has 0 bridgehead atoms. The van der Waals surface area contributed by atoms with Crippen LogP contribution in [-0.2, 0) is 16.0 Å². The van der Waals surface area contributed by atoms with Gasteiger partial charge in [0, 0.05) is 24.4 Å². The van der Waals surface area contributed by atoms with E-state index in [0.29, 0.717) is 11.3 Å². The van der Waals surface area contributed by atoms with Crippen LogP contribution in [0.1, 0.15) is 16.1 Å². The summed E-state index contributed by atoms with van der Waals surface area (Å²) in [4.78, 5) is 40.1. The van der Waals surface area contributed by atoms with Crippen molar-refractivity contribution in [2.45, 2.75) is 12.5 Å². The van der Waals surface area contributed by atoms with Crippen LogP contribution in [0.15, 0.2) is 54.9 Å². The normalized spacial score (nSPS) is 11.6. The molecule has 0 aliphatic heterocycles. The van der Waals surface area contributed by atoms with Crippen LogP contribution in [0, 0.1) is 0 Å². The highest BCUT2D eigenvalue weighted by Crippen LogP contribution is 2.18. The van der Waals surface area contributed by atoms with E-state index in [9.17, 15) is 14.4 Å². The third-order valence-corrected chi connectivity index (χ3v) is 3.88. The number of carbonyl (C=O) groups excluding carboxylic acids is 3. The summed E-state index contributed by atoms with van der Waals surface area (Å²) in [5.41, 5.74) is 6.90. The Morgan fingerprint density at radius 1 is 1.07 bits per heavy atom. The van der Waals surface area contributed by atoms with E-state index in [4.69, 9.17) is 5.73 Å². The second-order valence-corrected chi connectivity index (χ2v) is 5.72. The third-order valence-electron chi connectivity index (χ3n) is 3.88. The molecular weight excluding hydrogens is 348 g/mol. The molecule has 2 amide bonds. The molecule has 9 heteroatoms. The predicted molar refractivity (Wildman–Crippen MR) is 95.2 cm³/mol. The highest BCUT2D eigenvalue weighted by Gasteiger charge is 2.27. The molecule has 0 fully saturated rings. The Labute approximate surface area is 154 Å². The fraction of sp³-hybridized carbons (Fsp3) is 0.111. The Morgan fingerprint density at radius 2 is 1.78 bits per heavy atom. The summed E-state index contributed by atoms with van der Waals surface area (Å²) in [5, 5.41) is 12.6. The van der Waals surface area contributed by atoms with Crippen molar-refractivity contribution in [2.75, 3.05) is 0 Å². The number of pyridine rings is 1. The van der Waals surface area contributed by atoms with Gasteiger partial charge in [0.2, 0.25) is 5.78 Å². The lowest BCUT2D eigenvalue weighted by molar-refractivity contribution is -0.137. The Morgan fingerprint density at radius 3 is 2.44 bits per heavy atom. The van der Waals surface area contributed by atoms with E-state index in [1.807, 2.05) is 6.07 Å². The van der Waals surface area contributed by atoms with Crippen molar-refractivity contribution in [1.29, 1.82) is 0 Å². The van der Waals surface area contributed by atoms with Gasteiger partial charge >= 0.3 is 0 Å². The molecule has 0 aliphatic rings. The molecule has 3 aromatic rings. The first-order valence-electron chi connectivity index (χ1n) is 8.06. The number of benzene rings is 1. The number of aromatic amines is 1. The largest absolute Gasteiger partial charge is 0.363 e. The first kappa shape index (κ1) is 17.9. The molecule has 0 saturated heterocycles. The Hall–Kier alpha value is -3.88. The first-order chi connectivity index (χ1) is 13.1. The number of ketones is 1. The van der Waals surface area contributed by atoms with E-state index in [2.05, 4.69) is 25.7 Å². The van der Waals surface area contributed by atoms with E-state index < -0.39 is 23.6 Å². The van der Waals surface area contributed by atoms with Crippen molar-refractivity contribution in [1.82, 2.24) is 25.7 Å². The van der Waals surface area contributed by atoms with Gasteiger partial charge in [0.05, 0.1) is 0 Å². The molecule has 9 nitrogen and oxygen atoms in total. The zero-order valence-corrected chi connectivity index (χ0v) is 14.1. The molecule has 0 aliphatic carbocycles. The molecule has 136 valence electrons. The lowest BCUT2D eigenvalue weighted by Gasteiger charge is -2.16. The Kier molecular flexibility index (Phi) is 5.31. The summed E-state index contributed by atoms with van der Waals surface area (Å²) >= 11 is 0. The molecule has 27 heavy (non-hydrogen) atoms. The van der Waals surface area contributed by atoms with Gasteiger partial charge in [-0.05, 0) is 17.7 Å². The monoisotopic (exact) mass is 364 g/mol. The number of H-pyrrole nitrogens is 1. The molecule has 0 saturated carbocycles. The molecular formula is C18H16N6O3. The number of amides is 2. The number of hydrogen-bond acceptors (Lipinski definition) is 6. The lowest BCUT2D eigenvalue weighted by atomic mass is 10.0. The number of primary amides is 1. The molecule has 2 heterocycles. The minimum Gasteiger partial charge on any atom is -0.363 e. The van der Waals surface area contributed by atoms with Crippen LogP contribution < -0.4 is 11.1 Å². The maximum absolute atomic E-state index is 12.7. The molecule has 0 radical (unpaired) electrons. The SMILES string of the molecule is NC(=O)C(=O)C(Cc1ccccc1)NC(=O)c1[nH]nnc1-c1ccncc1. The summed E-state index contributed by atoms with van der Waals surface area (Å²) in [6, 6.07) is 11.2. The van der Waals surface area contributed by atoms with Gasteiger partial charge in [-0.1, -0.05) is 35.5 Å². The number of rotatable bonds is 7. The van der Waals surface area contributed by atoms with Gasteiger partial charge in [-0.2, -0.15) is 0 Å². The fourth-order valence-corrected chi connectivity index (χ4v) is 2.56. The van der Waals surface area contributed by atoms with Crippen LogP contribution in [0.5, 0.6) is 0 Å². The average Bonchev–Trinajstić information content (AvgIpc) is 3.18. The maximum Gasteiger partial charge on any atom is 0.287 e. The van der Waals surface area contributed by atoms with Crippen molar-refractivity contribution in [3.8, 4) is 11.3 Å². The van der Waals surface area contributed by atoms with Gasteiger partial charge in [0.25, 0.3) is 11.8 Å². The molecule has 2 aromatic heterocycles. The van der Waals surface area contributed by atoms with E-state index in [1.54, 1.807) is 48.8 Å². The van der Waals surface area contributed by atoms with Gasteiger partial charge < -0.3 is 11.1 Å². The average molecular weight is 364 g/mol. The standard InChI is InChI=1S/C18H16N6O3/c19-17(26)16(25)13(10-11-4-2-1-3-5-11)21-18(27)15-14(22-24-23-15)12-6-8-20-9-7-12/h1-9,13H,10H2,(H2,19,26)(H,21,27)(H,22,23,24). The van der Waals surface area contributed by atoms with Crippen molar-refractivity contribution >= 4 is 17.6 Å². The Bertz CT molecular complexity index is 955. The minimum atomic E-state index is -1.12. The molecule has 1 aromatic carbocycles. The number of aromatic nitrogens is 4. The maximum atomic E-state index is 12.7. The topological polar surface area (TPSA) is 144 Å². The number of nitrogens with zero attached hydrogens (tertiary/aromatic N) is 3. The number of nitrogens with two attached hydrogens (primary N) is 1. The van der Waals surface area contributed by atoms with Gasteiger partial charge in [0.1, 0.15) is 11.7 Å². The van der Waals surface area contributed by atoms with Crippen LogP contribution in [0.3, 0.4) is 0 Å². The second-order valence-electron chi connectivity index (χ2n) is 5.72. The van der Waals surface area contributed by atoms with E-state index in [-0.39, 0.29) is 12.1 Å². The van der Waals surface area contributed by atoms with Gasteiger partial charge in [-0.25, -0.2) is 0 Å². The van der Waals surface area contributed by atoms with E-state index in [0.717, 1.165) is 5.56 Å². The van der Waals surface area contributed by atoms with Crippen LogP contribution in [0.4, 0.5) is 0 Å². The lowest BCUT2D eigenvalue weighted by Crippen LogP contribution is -2.47. The van der Waals surface area contributed by atoms with Crippen LogP contribution in [0.25, 0.3) is 11.3 Å². The summed E-state index contributed by atoms with van der Waals surface area (Å²) in [5.74, 6) is -2.62. The third kappa shape index (κ3) is 4.21. The first-order valence-corrected chi connectivity index (χ1v) is 8.06. The number of nitrogens with one attached hydrogen (secondary N) is 2. The number of hydrogen-bond donors (Lipinski definition) is 3. The summed E-state index contributed by atoms with van der Waals surface area (Å²) < 4.78 is 0. The van der Waals surface area contributed by atoms with Crippen molar-refractivity contribution in [3.05, 3.63) is 66.1 Å². The smallest absolute Gasteiger partial charge is 0.287 e. The summed E-state index contributed by atoms with van der Waals surface area (Å²) in [6.07, 6.45) is 3.24. The van der Waals surface area contributed by atoms with Crippen LogP contribution >= 0.6 is 0 Å². The molecule has 3 rings (SSSR count). The zero-order chi connectivity index (χ0) is 19.2. The molecule has 4 N–H and O–H groups in total. The second kappa shape index (κ2) is 8.00. The van der Waals surface area contributed by atoms with Crippen molar-refractivity contribution in [3.63, 3.8) is 0 Å². The minimum absolute atomic E-state index is 0.0662. The fourth-order valence-electron chi connectivity index (χ4n) is 2.56. The number of carbonyl (C=O) groups is 3. The number of Topliss-reactive ketones (excluding diaryl/α,β-unsaturated/α-hetero) is 1. The van der Waals surface area contributed by atoms with Crippen LogP contribution in [0.2, 0.25) is 0 Å². The van der Waals surface area contributed by atoms with E-state index >= 15 is 0 Å².